The fourth-order valence-corrected chi connectivity index (χ4v) is 4.25. The third-order valence-corrected chi connectivity index (χ3v) is 5.93. The highest BCUT2D eigenvalue weighted by Gasteiger charge is 2.17. The van der Waals surface area contributed by atoms with Crippen LogP contribution >= 0.6 is 22.9 Å². The predicted molar refractivity (Wildman–Crippen MR) is 87.9 cm³/mol. The summed E-state index contributed by atoms with van der Waals surface area (Å²) < 4.78 is 27.1. The lowest BCUT2D eigenvalue weighted by atomic mass is 10.2. The van der Waals surface area contributed by atoms with Crippen molar-refractivity contribution in [1.82, 2.24) is 4.98 Å². The predicted octanol–water partition coefficient (Wildman–Crippen LogP) is 3.44. The Labute approximate surface area is 133 Å². The van der Waals surface area contributed by atoms with E-state index >= 15 is 0 Å². The minimum atomic E-state index is -3.63. The number of benzene rings is 1. The highest BCUT2D eigenvalue weighted by molar-refractivity contribution is 7.94. The van der Waals surface area contributed by atoms with Gasteiger partial charge in [0, 0.05) is 24.5 Å². The highest BCUT2D eigenvalue weighted by Crippen LogP contribution is 2.25. The van der Waals surface area contributed by atoms with Crippen molar-refractivity contribution >= 4 is 44.3 Å². The molecule has 1 N–H and O–H groups in total. The number of thiazole rings is 1. The lowest BCUT2D eigenvalue weighted by molar-refractivity contribution is 0.603. The fraction of sp³-hybridized carbons (Fsp3) is 0.308. The molecule has 0 radical (unpaired) electrons. The summed E-state index contributed by atoms with van der Waals surface area (Å²) in [5, 5.41) is 0. The molecule has 0 atom stereocenters. The van der Waals surface area contributed by atoms with E-state index in [0.29, 0.717) is 5.69 Å². The summed E-state index contributed by atoms with van der Waals surface area (Å²) in [5.41, 5.74) is 1.57. The Hall–Kier alpha value is -1.31. The quantitative estimate of drug-likeness (QED) is 0.871. The van der Waals surface area contributed by atoms with E-state index in [2.05, 4.69) is 28.5 Å². The number of nitrogens with one attached hydrogen (secondary N) is 1. The molecule has 1 aromatic heterocycles. The van der Waals surface area contributed by atoms with E-state index < -0.39 is 10.0 Å². The summed E-state index contributed by atoms with van der Waals surface area (Å²) >= 11 is 6.59. The van der Waals surface area contributed by atoms with Gasteiger partial charge in [-0.15, -0.1) is 0 Å². The minimum absolute atomic E-state index is 0.0975. The van der Waals surface area contributed by atoms with Crippen LogP contribution in [0.3, 0.4) is 0 Å². The molecule has 8 heteroatoms. The normalized spacial score (nSPS) is 11.4. The zero-order valence-electron chi connectivity index (χ0n) is 11.7. The Morgan fingerprint density at radius 2 is 1.86 bits per heavy atom. The van der Waals surface area contributed by atoms with Crippen LogP contribution in [-0.2, 0) is 10.0 Å². The molecule has 5 nitrogen and oxygen atoms in total. The van der Waals surface area contributed by atoms with Crippen LogP contribution in [0.2, 0.25) is 4.47 Å². The van der Waals surface area contributed by atoms with Crippen molar-refractivity contribution in [1.29, 1.82) is 0 Å². The van der Waals surface area contributed by atoms with Crippen LogP contribution in [0.5, 0.6) is 0 Å². The van der Waals surface area contributed by atoms with Crippen molar-refractivity contribution < 1.29 is 8.42 Å². The molecule has 114 valence electrons. The molecule has 0 aliphatic carbocycles. The van der Waals surface area contributed by atoms with Crippen LogP contribution in [0.25, 0.3) is 0 Å². The van der Waals surface area contributed by atoms with Gasteiger partial charge in [-0.25, -0.2) is 13.4 Å². The SMILES string of the molecule is CCN(CC)c1ccc(NS(=O)(=O)c2cnc(Cl)s2)cc1. The van der Waals surface area contributed by atoms with Crippen LogP contribution in [-0.4, -0.2) is 26.5 Å². The molecule has 0 aliphatic rings. The van der Waals surface area contributed by atoms with Gasteiger partial charge < -0.3 is 4.90 Å². The van der Waals surface area contributed by atoms with Crippen molar-refractivity contribution in [3.05, 3.63) is 34.9 Å². The Bertz CT molecular complexity index is 694. The average Bonchev–Trinajstić information content (AvgIpc) is 2.89. The maximum atomic E-state index is 12.1. The lowest BCUT2D eigenvalue weighted by Gasteiger charge is -2.21. The van der Waals surface area contributed by atoms with Crippen molar-refractivity contribution in [3.63, 3.8) is 0 Å². The average molecular weight is 346 g/mol. The molecule has 21 heavy (non-hydrogen) atoms. The van der Waals surface area contributed by atoms with Crippen molar-refractivity contribution in [2.45, 2.75) is 18.1 Å². The first-order chi connectivity index (χ1) is 9.96. The Balaban J connectivity index is 2.17. The van der Waals surface area contributed by atoms with Crippen molar-refractivity contribution in [2.75, 3.05) is 22.7 Å². The number of hydrogen-bond donors (Lipinski definition) is 1. The van der Waals surface area contributed by atoms with E-state index in [4.69, 9.17) is 11.6 Å². The minimum Gasteiger partial charge on any atom is -0.372 e. The van der Waals surface area contributed by atoms with Gasteiger partial charge in [0.05, 0.1) is 6.20 Å². The number of hydrogen-bond acceptors (Lipinski definition) is 5. The monoisotopic (exact) mass is 345 g/mol. The van der Waals surface area contributed by atoms with E-state index in [9.17, 15) is 8.42 Å². The number of rotatable bonds is 6. The zero-order valence-corrected chi connectivity index (χ0v) is 14.1. The molecule has 0 saturated carbocycles. The van der Waals surface area contributed by atoms with Crippen molar-refractivity contribution in [3.8, 4) is 0 Å². The van der Waals surface area contributed by atoms with Gasteiger partial charge >= 0.3 is 0 Å². The standard InChI is InChI=1S/C13H16ClN3O2S2/c1-3-17(4-2)11-7-5-10(6-8-11)16-21(18,19)12-9-15-13(14)20-12/h5-9,16H,3-4H2,1-2H3. The third-order valence-electron chi connectivity index (χ3n) is 2.97. The first-order valence-electron chi connectivity index (χ1n) is 6.45. The molecule has 0 saturated heterocycles. The van der Waals surface area contributed by atoms with Crippen LogP contribution in [0.1, 0.15) is 13.8 Å². The summed E-state index contributed by atoms with van der Waals surface area (Å²) in [6.07, 6.45) is 1.25. The van der Waals surface area contributed by atoms with Gasteiger partial charge in [0.2, 0.25) is 0 Å². The molecule has 1 aromatic carbocycles. The summed E-state index contributed by atoms with van der Waals surface area (Å²) in [6, 6.07) is 7.27. The van der Waals surface area contributed by atoms with E-state index in [1.807, 2.05) is 12.1 Å². The number of nitrogens with zero attached hydrogens (tertiary/aromatic N) is 2. The van der Waals surface area contributed by atoms with Crippen LogP contribution < -0.4 is 9.62 Å². The number of halogens is 1. The summed E-state index contributed by atoms with van der Waals surface area (Å²) in [4.78, 5) is 5.92. The number of sulfonamides is 1. The van der Waals surface area contributed by atoms with E-state index in [0.717, 1.165) is 30.1 Å². The van der Waals surface area contributed by atoms with Gasteiger partial charge in [-0.3, -0.25) is 4.72 Å². The van der Waals surface area contributed by atoms with Crippen LogP contribution in [0, 0.1) is 0 Å². The molecule has 1 heterocycles. The summed E-state index contributed by atoms with van der Waals surface area (Å²) in [5.74, 6) is 0. The molecule has 0 aliphatic heterocycles. The maximum absolute atomic E-state index is 12.1. The summed E-state index contributed by atoms with van der Waals surface area (Å²) in [6.45, 7) is 5.96. The van der Waals surface area contributed by atoms with Gasteiger partial charge in [0.25, 0.3) is 10.0 Å². The molecule has 0 bridgehead atoms. The smallest absolute Gasteiger partial charge is 0.273 e. The van der Waals surface area contributed by atoms with Crippen LogP contribution in [0.4, 0.5) is 11.4 Å². The molecule has 2 rings (SSSR count). The molecule has 0 spiro atoms. The molecule has 0 amide bonds. The van der Waals surface area contributed by atoms with E-state index in [-0.39, 0.29) is 8.68 Å². The van der Waals surface area contributed by atoms with Gasteiger partial charge in [-0.1, -0.05) is 22.9 Å². The van der Waals surface area contributed by atoms with Gasteiger partial charge in [0.1, 0.15) is 0 Å². The van der Waals surface area contributed by atoms with Crippen molar-refractivity contribution in [2.24, 2.45) is 0 Å². The van der Waals surface area contributed by atoms with E-state index in [1.165, 1.54) is 6.20 Å². The van der Waals surface area contributed by atoms with Crippen LogP contribution in [0.15, 0.2) is 34.7 Å². The first-order valence-corrected chi connectivity index (χ1v) is 9.13. The zero-order chi connectivity index (χ0) is 15.5. The molecular weight excluding hydrogens is 330 g/mol. The number of anilines is 2. The second-order valence-electron chi connectivity index (χ2n) is 4.26. The van der Waals surface area contributed by atoms with Gasteiger partial charge in [-0.05, 0) is 38.1 Å². The Morgan fingerprint density at radius 1 is 1.24 bits per heavy atom. The lowest BCUT2D eigenvalue weighted by Crippen LogP contribution is -2.21. The van der Waals surface area contributed by atoms with Gasteiger partial charge in [0.15, 0.2) is 8.68 Å². The second-order valence-corrected chi connectivity index (χ2v) is 7.78. The fourth-order valence-electron chi connectivity index (χ4n) is 1.90. The topological polar surface area (TPSA) is 62.3 Å². The highest BCUT2D eigenvalue weighted by atomic mass is 35.5. The van der Waals surface area contributed by atoms with Gasteiger partial charge in [-0.2, -0.15) is 0 Å². The first kappa shape index (κ1) is 16.1. The second kappa shape index (κ2) is 6.64. The molecular formula is C13H16ClN3O2S2. The molecule has 0 fully saturated rings. The Morgan fingerprint density at radius 3 is 2.33 bits per heavy atom. The Kier molecular flexibility index (Phi) is 5.08. The maximum Gasteiger partial charge on any atom is 0.273 e. The molecule has 2 aromatic rings. The largest absolute Gasteiger partial charge is 0.372 e. The third kappa shape index (κ3) is 3.87. The summed E-state index contributed by atoms with van der Waals surface area (Å²) in [7, 11) is -3.63. The molecule has 0 unspecified atom stereocenters. The number of aromatic nitrogens is 1. The van der Waals surface area contributed by atoms with E-state index in [1.54, 1.807) is 12.1 Å².